The Morgan fingerprint density at radius 2 is 1.54 bits per heavy atom. The Morgan fingerprint density at radius 1 is 1.00 bits per heavy atom. The van der Waals surface area contributed by atoms with Crippen molar-refractivity contribution in [1.29, 1.82) is 0 Å². The van der Waals surface area contributed by atoms with E-state index in [0.717, 1.165) is 0 Å². The van der Waals surface area contributed by atoms with Gasteiger partial charge in [-0.3, -0.25) is 9.59 Å². The minimum Gasteiger partial charge on any atom is -0.484 e. The van der Waals surface area contributed by atoms with Crippen molar-refractivity contribution >= 4 is 40.7 Å². The molecule has 0 aliphatic carbocycles. The average Bonchev–Trinajstić information content (AvgIpc) is 2.56. The van der Waals surface area contributed by atoms with Crippen LogP contribution in [0.4, 0.5) is 5.69 Å². The summed E-state index contributed by atoms with van der Waals surface area (Å²) < 4.78 is 5.36. The Hall–Kier alpha value is -2.24. The van der Waals surface area contributed by atoms with Crippen molar-refractivity contribution in [3.63, 3.8) is 0 Å². The van der Waals surface area contributed by atoms with Crippen LogP contribution in [0.2, 0.25) is 10.0 Å². The van der Waals surface area contributed by atoms with Gasteiger partial charge in [-0.2, -0.15) is 0 Å². The molecule has 1 N–H and O–H groups in total. The Bertz CT molecular complexity index is 703. The highest BCUT2D eigenvalue weighted by atomic mass is 35.5. The predicted octanol–water partition coefficient (Wildman–Crippen LogP) is 3.47. The second-order valence-corrected chi connectivity index (χ2v) is 5.92. The van der Waals surface area contributed by atoms with Gasteiger partial charge in [0.1, 0.15) is 5.75 Å². The molecular weight excluding hydrogens is 351 g/mol. The summed E-state index contributed by atoms with van der Waals surface area (Å²) in [6.07, 6.45) is 0. The van der Waals surface area contributed by atoms with Crippen molar-refractivity contribution in [3.05, 3.63) is 58.6 Å². The van der Waals surface area contributed by atoms with Gasteiger partial charge in [-0.25, -0.2) is 0 Å². The molecule has 0 atom stereocenters. The van der Waals surface area contributed by atoms with Crippen molar-refractivity contribution in [3.8, 4) is 5.75 Å². The van der Waals surface area contributed by atoms with Gasteiger partial charge in [0, 0.05) is 22.8 Å². The Kier molecular flexibility index (Phi) is 6.46. The molecule has 0 bridgehead atoms. The number of ether oxygens (including phenoxy) is 1. The van der Waals surface area contributed by atoms with Gasteiger partial charge >= 0.3 is 0 Å². The molecule has 0 spiro atoms. The van der Waals surface area contributed by atoms with Crippen LogP contribution in [0.25, 0.3) is 0 Å². The third-order valence-electron chi connectivity index (χ3n) is 3.11. The van der Waals surface area contributed by atoms with Crippen LogP contribution in [-0.4, -0.2) is 36.9 Å². The van der Waals surface area contributed by atoms with E-state index in [-0.39, 0.29) is 25.0 Å². The molecule has 2 rings (SSSR count). The third kappa shape index (κ3) is 5.76. The Labute approximate surface area is 150 Å². The standard InChI is InChI=1S/C17H16Cl2N2O3/c1-21(10-16(22)20-14-6-2-12(18)3-7-14)17(23)11-24-15-8-4-13(19)5-9-15/h2-9H,10-11H2,1H3,(H,20,22). The van der Waals surface area contributed by atoms with E-state index in [0.29, 0.717) is 21.5 Å². The second kappa shape index (κ2) is 8.57. The topological polar surface area (TPSA) is 58.6 Å². The number of likely N-dealkylation sites (N-methyl/N-ethyl adjacent to an activating group) is 1. The highest BCUT2D eigenvalue weighted by molar-refractivity contribution is 6.30. The molecule has 2 aromatic carbocycles. The quantitative estimate of drug-likeness (QED) is 0.851. The van der Waals surface area contributed by atoms with Gasteiger partial charge in [0.15, 0.2) is 6.61 Å². The summed E-state index contributed by atoms with van der Waals surface area (Å²) in [6, 6.07) is 13.4. The first-order chi connectivity index (χ1) is 11.4. The molecule has 0 unspecified atom stereocenters. The fraction of sp³-hybridized carbons (Fsp3) is 0.176. The molecule has 0 heterocycles. The summed E-state index contributed by atoms with van der Waals surface area (Å²) in [5.41, 5.74) is 0.614. The molecule has 0 radical (unpaired) electrons. The Morgan fingerprint density at radius 3 is 2.12 bits per heavy atom. The van der Waals surface area contributed by atoms with Crippen LogP contribution in [0, 0.1) is 0 Å². The number of halogens is 2. The lowest BCUT2D eigenvalue weighted by atomic mass is 10.3. The monoisotopic (exact) mass is 366 g/mol. The van der Waals surface area contributed by atoms with Gasteiger partial charge in [-0.1, -0.05) is 23.2 Å². The van der Waals surface area contributed by atoms with Crippen LogP contribution in [0.1, 0.15) is 0 Å². The number of hydrogen-bond acceptors (Lipinski definition) is 3. The summed E-state index contributed by atoms with van der Waals surface area (Å²) in [6.45, 7) is -0.238. The molecule has 0 fully saturated rings. The molecule has 0 aromatic heterocycles. The average molecular weight is 367 g/mol. The van der Waals surface area contributed by atoms with Crippen LogP contribution in [0.15, 0.2) is 48.5 Å². The zero-order valence-corrected chi connectivity index (χ0v) is 14.5. The lowest BCUT2D eigenvalue weighted by molar-refractivity contribution is -0.135. The fourth-order valence-corrected chi connectivity index (χ4v) is 2.08. The summed E-state index contributed by atoms with van der Waals surface area (Å²) in [4.78, 5) is 25.2. The number of benzene rings is 2. The molecule has 126 valence electrons. The van der Waals surface area contributed by atoms with Crippen LogP contribution in [0.3, 0.4) is 0 Å². The van der Waals surface area contributed by atoms with Crippen molar-refractivity contribution in [2.75, 3.05) is 25.5 Å². The van der Waals surface area contributed by atoms with E-state index in [1.807, 2.05) is 0 Å². The Balaban J connectivity index is 1.78. The largest absolute Gasteiger partial charge is 0.484 e. The molecule has 7 heteroatoms. The summed E-state index contributed by atoms with van der Waals surface area (Å²) in [5, 5.41) is 3.86. The molecule has 2 amide bonds. The van der Waals surface area contributed by atoms with Crippen molar-refractivity contribution < 1.29 is 14.3 Å². The number of carbonyl (C=O) groups excluding carboxylic acids is 2. The first-order valence-corrected chi connectivity index (χ1v) is 7.87. The molecular formula is C17H16Cl2N2O3. The maximum atomic E-state index is 12.0. The molecule has 0 saturated heterocycles. The zero-order chi connectivity index (χ0) is 17.5. The van der Waals surface area contributed by atoms with E-state index < -0.39 is 0 Å². The van der Waals surface area contributed by atoms with Crippen LogP contribution < -0.4 is 10.1 Å². The second-order valence-electron chi connectivity index (χ2n) is 5.05. The van der Waals surface area contributed by atoms with Gasteiger partial charge in [0.2, 0.25) is 5.91 Å². The van der Waals surface area contributed by atoms with Gasteiger partial charge in [-0.05, 0) is 48.5 Å². The van der Waals surface area contributed by atoms with E-state index in [1.165, 1.54) is 11.9 Å². The summed E-state index contributed by atoms with van der Waals surface area (Å²) in [5.74, 6) is -0.0809. The lowest BCUT2D eigenvalue weighted by Gasteiger charge is -2.17. The van der Waals surface area contributed by atoms with E-state index in [2.05, 4.69) is 5.32 Å². The van der Waals surface area contributed by atoms with Gasteiger partial charge in [0.05, 0.1) is 6.54 Å². The number of rotatable bonds is 6. The van der Waals surface area contributed by atoms with Gasteiger partial charge in [0.25, 0.3) is 5.91 Å². The molecule has 0 saturated carbocycles. The minimum atomic E-state index is -0.309. The van der Waals surface area contributed by atoms with E-state index in [4.69, 9.17) is 27.9 Å². The van der Waals surface area contributed by atoms with Crippen LogP contribution in [0.5, 0.6) is 5.75 Å². The maximum Gasteiger partial charge on any atom is 0.260 e. The molecule has 24 heavy (non-hydrogen) atoms. The van der Waals surface area contributed by atoms with Crippen molar-refractivity contribution in [2.24, 2.45) is 0 Å². The molecule has 0 aliphatic heterocycles. The van der Waals surface area contributed by atoms with Gasteiger partial charge in [-0.15, -0.1) is 0 Å². The van der Waals surface area contributed by atoms with E-state index in [1.54, 1.807) is 48.5 Å². The summed E-state index contributed by atoms with van der Waals surface area (Å²) in [7, 11) is 1.54. The molecule has 2 aromatic rings. The number of anilines is 1. The fourth-order valence-electron chi connectivity index (χ4n) is 1.82. The number of amides is 2. The first kappa shape index (κ1) is 18.1. The SMILES string of the molecule is CN(CC(=O)Nc1ccc(Cl)cc1)C(=O)COc1ccc(Cl)cc1. The van der Waals surface area contributed by atoms with E-state index in [9.17, 15) is 9.59 Å². The van der Waals surface area contributed by atoms with E-state index >= 15 is 0 Å². The smallest absolute Gasteiger partial charge is 0.260 e. The first-order valence-electron chi connectivity index (χ1n) is 7.12. The minimum absolute atomic E-state index is 0.0779. The van der Waals surface area contributed by atoms with Gasteiger partial charge < -0.3 is 15.0 Å². The van der Waals surface area contributed by atoms with Crippen LogP contribution in [-0.2, 0) is 9.59 Å². The van der Waals surface area contributed by atoms with Crippen molar-refractivity contribution in [2.45, 2.75) is 0 Å². The highest BCUT2D eigenvalue weighted by Gasteiger charge is 2.13. The number of nitrogens with zero attached hydrogens (tertiary/aromatic N) is 1. The number of carbonyl (C=O) groups is 2. The normalized spacial score (nSPS) is 10.1. The molecule has 5 nitrogen and oxygen atoms in total. The predicted molar refractivity (Wildman–Crippen MR) is 94.7 cm³/mol. The van der Waals surface area contributed by atoms with Crippen LogP contribution >= 0.6 is 23.2 Å². The lowest BCUT2D eigenvalue weighted by Crippen LogP contribution is -2.37. The molecule has 0 aliphatic rings. The maximum absolute atomic E-state index is 12.0. The number of hydrogen-bond donors (Lipinski definition) is 1. The third-order valence-corrected chi connectivity index (χ3v) is 3.61. The number of nitrogens with one attached hydrogen (secondary N) is 1. The zero-order valence-electron chi connectivity index (χ0n) is 13.0. The highest BCUT2D eigenvalue weighted by Crippen LogP contribution is 2.15. The van der Waals surface area contributed by atoms with Crippen molar-refractivity contribution in [1.82, 2.24) is 4.90 Å². The summed E-state index contributed by atoms with van der Waals surface area (Å²) >= 11 is 11.6.